The molecule has 174 valence electrons. The summed E-state index contributed by atoms with van der Waals surface area (Å²) in [6.45, 7) is 4.52. The van der Waals surface area contributed by atoms with Crippen LogP contribution in [-0.4, -0.2) is 27.5 Å². The fraction of sp³-hybridized carbons (Fsp3) is 0.138. The quantitative estimate of drug-likeness (QED) is 0.250. The molecule has 1 atom stereocenters. The first kappa shape index (κ1) is 22.3. The Morgan fingerprint density at radius 2 is 1.80 bits per heavy atom. The molecule has 5 rings (SSSR count). The molecule has 0 aliphatic rings. The molecule has 0 bridgehead atoms. The molecule has 0 saturated carbocycles. The van der Waals surface area contributed by atoms with E-state index in [1.165, 1.54) is 6.08 Å². The van der Waals surface area contributed by atoms with Crippen LogP contribution in [0.4, 0.5) is 5.69 Å². The predicted octanol–water partition coefficient (Wildman–Crippen LogP) is 5.95. The van der Waals surface area contributed by atoms with Crippen molar-refractivity contribution in [3.05, 3.63) is 90.6 Å². The maximum atomic E-state index is 12.7. The summed E-state index contributed by atoms with van der Waals surface area (Å²) < 4.78 is 7.58. The van der Waals surface area contributed by atoms with E-state index < -0.39 is 18.0 Å². The van der Waals surface area contributed by atoms with E-state index in [0.717, 1.165) is 44.8 Å². The van der Waals surface area contributed by atoms with Crippen molar-refractivity contribution in [3.8, 4) is 0 Å². The van der Waals surface area contributed by atoms with Crippen LogP contribution in [0.1, 0.15) is 19.4 Å². The van der Waals surface area contributed by atoms with Crippen LogP contribution >= 0.6 is 0 Å². The van der Waals surface area contributed by atoms with Crippen LogP contribution in [0.25, 0.3) is 38.8 Å². The normalized spacial score (nSPS) is 12.4. The number of ether oxygens (including phenoxy) is 1. The maximum absolute atomic E-state index is 12.7. The first-order valence-corrected chi connectivity index (χ1v) is 11.6. The molecule has 5 aromatic rings. The molecule has 6 heteroatoms. The number of amides is 1. The number of nitrogens with zero attached hydrogens (tertiary/aromatic N) is 2. The number of carbonyl (C=O) groups excluding carboxylic acids is 2. The third-order valence-electron chi connectivity index (χ3n) is 6.08. The first-order chi connectivity index (χ1) is 17.0. The van der Waals surface area contributed by atoms with Crippen molar-refractivity contribution in [2.24, 2.45) is 0 Å². The maximum Gasteiger partial charge on any atom is 0.331 e. The molecule has 2 aromatic heterocycles. The number of benzene rings is 3. The first-order valence-electron chi connectivity index (χ1n) is 11.6. The number of aromatic nitrogens is 2. The molecule has 0 spiro atoms. The van der Waals surface area contributed by atoms with Gasteiger partial charge in [-0.2, -0.15) is 0 Å². The van der Waals surface area contributed by atoms with Crippen LogP contribution in [0.5, 0.6) is 0 Å². The Morgan fingerprint density at radius 3 is 2.66 bits per heavy atom. The summed E-state index contributed by atoms with van der Waals surface area (Å²) in [5, 5.41) is 6.05. The highest BCUT2D eigenvalue weighted by Crippen LogP contribution is 2.31. The second-order valence-electron chi connectivity index (χ2n) is 8.32. The number of fused-ring (bicyclic) bond motifs is 4. The molecule has 0 saturated heterocycles. The van der Waals surface area contributed by atoms with Gasteiger partial charge in [0.1, 0.15) is 0 Å². The van der Waals surface area contributed by atoms with Crippen molar-refractivity contribution in [1.29, 1.82) is 0 Å². The Hall–Kier alpha value is -4.45. The second-order valence-corrected chi connectivity index (χ2v) is 8.32. The fourth-order valence-corrected chi connectivity index (χ4v) is 4.40. The van der Waals surface area contributed by atoms with Crippen molar-refractivity contribution in [3.63, 3.8) is 0 Å². The number of anilines is 1. The number of carbonyl (C=O) groups is 2. The highest BCUT2D eigenvalue weighted by molar-refractivity contribution is 6.10. The molecule has 3 aromatic carbocycles. The van der Waals surface area contributed by atoms with E-state index in [2.05, 4.69) is 33.9 Å². The van der Waals surface area contributed by atoms with Crippen LogP contribution < -0.4 is 5.32 Å². The summed E-state index contributed by atoms with van der Waals surface area (Å²) in [6, 6.07) is 23.6. The monoisotopic (exact) mass is 463 g/mol. The van der Waals surface area contributed by atoms with E-state index in [9.17, 15) is 9.59 Å². The van der Waals surface area contributed by atoms with Crippen molar-refractivity contribution in [1.82, 2.24) is 9.55 Å². The topological polar surface area (TPSA) is 73.2 Å². The van der Waals surface area contributed by atoms with Gasteiger partial charge in [0.05, 0.1) is 5.52 Å². The lowest BCUT2D eigenvalue weighted by Gasteiger charge is -2.13. The van der Waals surface area contributed by atoms with Crippen LogP contribution in [0.15, 0.2) is 85.1 Å². The minimum atomic E-state index is -0.953. The molecule has 2 heterocycles. The largest absolute Gasteiger partial charge is 0.449 e. The van der Waals surface area contributed by atoms with Crippen molar-refractivity contribution in [2.75, 3.05) is 5.32 Å². The molecule has 1 N–H and O–H groups in total. The Bertz CT molecular complexity index is 1590. The van der Waals surface area contributed by atoms with E-state index in [4.69, 9.17) is 4.74 Å². The summed E-state index contributed by atoms with van der Waals surface area (Å²) in [4.78, 5) is 29.5. The third kappa shape index (κ3) is 4.38. The molecular formula is C29H25N3O3. The second kappa shape index (κ2) is 9.43. The molecule has 1 amide bonds. The van der Waals surface area contributed by atoms with Crippen LogP contribution in [0.2, 0.25) is 0 Å². The van der Waals surface area contributed by atoms with Gasteiger partial charge in [-0.05, 0) is 50.3 Å². The van der Waals surface area contributed by atoms with Gasteiger partial charge in [-0.15, -0.1) is 0 Å². The van der Waals surface area contributed by atoms with Crippen LogP contribution in [0, 0.1) is 0 Å². The number of aryl methyl sites for hydroxylation is 1. The minimum absolute atomic E-state index is 0.392. The molecule has 1 unspecified atom stereocenters. The Labute approximate surface area is 202 Å². The van der Waals surface area contributed by atoms with Crippen LogP contribution in [0.3, 0.4) is 0 Å². The fourth-order valence-electron chi connectivity index (χ4n) is 4.40. The van der Waals surface area contributed by atoms with Crippen molar-refractivity contribution in [2.45, 2.75) is 26.5 Å². The Balaban J connectivity index is 1.29. The standard InChI is InChI=1S/C29H25N3O3/c1-3-32-25-12-5-4-11-23(25)24-18-22(14-15-26(24)32)31-29(34)19(2)35-27(33)16-13-21-9-6-8-20-10-7-17-30-28(20)21/h4-19H,3H2,1-2H3,(H,31,34)/b16-13+. The number of pyridine rings is 1. The summed E-state index contributed by atoms with van der Waals surface area (Å²) in [5.74, 6) is -0.987. The van der Waals surface area contributed by atoms with Gasteiger partial charge in [0.2, 0.25) is 0 Å². The van der Waals surface area contributed by atoms with Gasteiger partial charge in [0.15, 0.2) is 6.10 Å². The van der Waals surface area contributed by atoms with E-state index in [1.807, 2.05) is 60.7 Å². The number of para-hydroxylation sites is 2. The average molecular weight is 464 g/mol. The number of esters is 1. The molecule has 35 heavy (non-hydrogen) atoms. The van der Waals surface area contributed by atoms with Gasteiger partial charge in [-0.3, -0.25) is 9.78 Å². The molecule has 0 aliphatic heterocycles. The third-order valence-corrected chi connectivity index (χ3v) is 6.08. The van der Waals surface area contributed by atoms with Crippen molar-refractivity contribution >= 4 is 56.3 Å². The van der Waals surface area contributed by atoms with E-state index in [-0.39, 0.29) is 0 Å². The molecule has 0 radical (unpaired) electrons. The lowest BCUT2D eigenvalue weighted by Crippen LogP contribution is -2.29. The minimum Gasteiger partial charge on any atom is -0.449 e. The zero-order chi connectivity index (χ0) is 24.4. The highest BCUT2D eigenvalue weighted by Gasteiger charge is 2.18. The number of rotatable bonds is 6. The van der Waals surface area contributed by atoms with E-state index >= 15 is 0 Å². The van der Waals surface area contributed by atoms with Gasteiger partial charge in [-0.25, -0.2) is 4.79 Å². The number of hydrogen-bond acceptors (Lipinski definition) is 4. The van der Waals surface area contributed by atoms with Gasteiger partial charge in [0, 0.05) is 57.3 Å². The smallest absolute Gasteiger partial charge is 0.331 e. The average Bonchev–Trinajstić information content (AvgIpc) is 3.20. The summed E-state index contributed by atoms with van der Waals surface area (Å²) in [5.41, 5.74) is 4.52. The Morgan fingerprint density at radius 1 is 1.00 bits per heavy atom. The van der Waals surface area contributed by atoms with Gasteiger partial charge < -0.3 is 14.6 Å². The Kier molecular flexibility index (Phi) is 6.02. The number of hydrogen-bond donors (Lipinski definition) is 1. The van der Waals surface area contributed by atoms with Gasteiger partial charge >= 0.3 is 5.97 Å². The van der Waals surface area contributed by atoms with E-state index in [0.29, 0.717) is 5.69 Å². The molecule has 0 fully saturated rings. The van der Waals surface area contributed by atoms with E-state index in [1.54, 1.807) is 19.2 Å². The van der Waals surface area contributed by atoms with Gasteiger partial charge in [-0.1, -0.05) is 42.5 Å². The highest BCUT2D eigenvalue weighted by atomic mass is 16.5. The molecule has 6 nitrogen and oxygen atoms in total. The summed E-state index contributed by atoms with van der Waals surface area (Å²) >= 11 is 0. The zero-order valence-electron chi connectivity index (χ0n) is 19.6. The lowest BCUT2D eigenvalue weighted by molar-refractivity contribution is -0.148. The number of nitrogens with one attached hydrogen (secondary N) is 1. The molecular weight excluding hydrogens is 438 g/mol. The van der Waals surface area contributed by atoms with Crippen molar-refractivity contribution < 1.29 is 14.3 Å². The lowest BCUT2D eigenvalue weighted by atomic mass is 10.1. The predicted molar refractivity (Wildman–Crippen MR) is 140 cm³/mol. The molecule has 0 aliphatic carbocycles. The van der Waals surface area contributed by atoms with Gasteiger partial charge in [0.25, 0.3) is 5.91 Å². The SMILES string of the molecule is CCn1c2ccccc2c2cc(NC(=O)C(C)OC(=O)/C=C/c3cccc4cccnc34)ccc21. The summed E-state index contributed by atoms with van der Waals surface area (Å²) in [7, 11) is 0. The van der Waals surface area contributed by atoms with Crippen LogP contribution in [-0.2, 0) is 20.9 Å². The zero-order valence-corrected chi connectivity index (χ0v) is 19.6. The summed E-state index contributed by atoms with van der Waals surface area (Å²) in [6.07, 6.45) is 3.73.